The van der Waals surface area contributed by atoms with E-state index in [9.17, 15) is 19.2 Å². The molecule has 2 aromatic rings. The highest BCUT2D eigenvalue weighted by molar-refractivity contribution is 5.97. The van der Waals surface area contributed by atoms with Gasteiger partial charge in [0.15, 0.2) is 0 Å². The van der Waals surface area contributed by atoms with Crippen molar-refractivity contribution in [2.24, 2.45) is 11.8 Å². The Morgan fingerprint density at radius 2 is 1.83 bits per heavy atom. The molecule has 2 saturated heterocycles. The Labute approximate surface area is 272 Å². The number of rotatable bonds is 6. The largest absolute Gasteiger partial charge is 0.494 e. The molecule has 2 aromatic carbocycles. The first kappa shape index (κ1) is 33.4. The highest BCUT2D eigenvalue weighted by Crippen LogP contribution is 2.25. The number of benzene rings is 2. The zero-order valence-corrected chi connectivity index (χ0v) is 27.5. The van der Waals surface area contributed by atoms with Gasteiger partial charge in [0.1, 0.15) is 17.3 Å². The number of carbonyl (C=O) groups excluding carboxylic acids is 4. The highest BCUT2D eigenvalue weighted by atomic mass is 16.5. The number of likely N-dealkylation sites (tertiary alicyclic amines) is 1. The van der Waals surface area contributed by atoms with E-state index >= 15 is 0 Å². The lowest BCUT2D eigenvalue weighted by Gasteiger charge is -2.37. The standard InChI is InChI=1S/C36H49N5O5/c1-25-12-13-30-21-29(25)22-37-35(45)36(3,16-14-27-9-5-4-6-10-27)39-33(43)32(38-31(42)24-40-17-8-18-40)26(2)34(44)41-19-7-11-28(23-41)15-20-46-30/h4-6,9-10,12-13,21,26,28,32H,7-8,11,14-20,22-24H2,1-3H3,(H,37,45)(H,38,42)(H,39,43)/t26?,28?,32-,36+/m0/s1. The fourth-order valence-corrected chi connectivity index (χ4v) is 6.57. The van der Waals surface area contributed by atoms with Crippen LogP contribution < -0.4 is 20.7 Å². The summed E-state index contributed by atoms with van der Waals surface area (Å²) >= 11 is 0. The average molecular weight is 632 g/mol. The molecular weight excluding hydrogens is 582 g/mol. The first-order valence-electron chi connectivity index (χ1n) is 16.8. The lowest BCUT2D eigenvalue weighted by Crippen LogP contribution is -2.63. The summed E-state index contributed by atoms with van der Waals surface area (Å²) in [5.74, 6) is -1.15. The van der Waals surface area contributed by atoms with Crippen molar-refractivity contribution in [1.29, 1.82) is 0 Å². The van der Waals surface area contributed by atoms with Gasteiger partial charge >= 0.3 is 0 Å². The maximum Gasteiger partial charge on any atom is 0.245 e. The van der Waals surface area contributed by atoms with Crippen molar-refractivity contribution in [1.82, 2.24) is 25.8 Å². The molecule has 3 aliphatic heterocycles. The smallest absolute Gasteiger partial charge is 0.245 e. The Morgan fingerprint density at radius 1 is 1.04 bits per heavy atom. The number of nitrogens with zero attached hydrogens (tertiary/aromatic N) is 2. The Morgan fingerprint density at radius 3 is 2.57 bits per heavy atom. The zero-order valence-electron chi connectivity index (χ0n) is 27.5. The third kappa shape index (κ3) is 8.46. The first-order valence-corrected chi connectivity index (χ1v) is 16.8. The fourth-order valence-electron chi connectivity index (χ4n) is 6.57. The Bertz CT molecular complexity index is 1400. The van der Waals surface area contributed by atoms with E-state index in [-0.39, 0.29) is 36.7 Å². The van der Waals surface area contributed by atoms with Crippen LogP contribution in [0, 0.1) is 18.8 Å². The molecule has 2 unspecified atom stereocenters. The van der Waals surface area contributed by atoms with Crippen LogP contribution in [0.3, 0.4) is 0 Å². The van der Waals surface area contributed by atoms with Gasteiger partial charge in [0.25, 0.3) is 0 Å². The van der Waals surface area contributed by atoms with E-state index in [1.807, 2.05) is 65.3 Å². The van der Waals surface area contributed by atoms with Gasteiger partial charge in [-0.3, -0.25) is 24.1 Å². The molecule has 0 saturated carbocycles. The van der Waals surface area contributed by atoms with Crippen LogP contribution in [0.4, 0.5) is 0 Å². The lowest BCUT2D eigenvalue weighted by atomic mass is 9.89. The molecule has 3 heterocycles. The molecule has 4 atom stereocenters. The number of fused-ring (bicyclic) bond motifs is 4. The minimum Gasteiger partial charge on any atom is -0.494 e. The topological polar surface area (TPSA) is 120 Å². The highest BCUT2D eigenvalue weighted by Gasteiger charge is 2.41. The number of ether oxygens (including phenoxy) is 1. The summed E-state index contributed by atoms with van der Waals surface area (Å²) in [6.45, 7) is 9.22. The van der Waals surface area contributed by atoms with Gasteiger partial charge in [-0.2, -0.15) is 0 Å². The van der Waals surface area contributed by atoms with Crippen LogP contribution in [0.15, 0.2) is 48.5 Å². The maximum atomic E-state index is 14.2. The van der Waals surface area contributed by atoms with E-state index in [0.717, 1.165) is 61.2 Å². The molecular formula is C36H49N5O5. The average Bonchev–Trinajstić information content (AvgIpc) is 3.04. The second-order valence-corrected chi connectivity index (χ2v) is 13.5. The molecule has 0 aliphatic carbocycles. The molecule has 4 bridgehead atoms. The van der Waals surface area contributed by atoms with Gasteiger partial charge in [-0.05, 0) is 100 Å². The van der Waals surface area contributed by atoms with E-state index in [0.29, 0.717) is 32.5 Å². The number of nitrogens with one attached hydrogen (secondary N) is 3. The third-order valence-corrected chi connectivity index (χ3v) is 9.85. The number of carbonyl (C=O) groups is 4. The molecule has 10 heteroatoms. The van der Waals surface area contributed by atoms with Gasteiger partial charge in [0.2, 0.25) is 23.6 Å². The van der Waals surface area contributed by atoms with E-state index in [4.69, 9.17) is 4.74 Å². The van der Waals surface area contributed by atoms with Crippen LogP contribution >= 0.6 is 0 Å². The molecule has 5 rings (SSSR count). The van der Waals surface area contributed by atoms with Crippen LogP contribution in [0.5, 0.6) is 5.75 Å². The molecule has 0 aromatic heterocycles. The summed E-state index contributed by atoms with van der Waals surface area (Å²) in [6.07, 6.45) is 4.57. The second-order valence-electron chi connectivity index (χ2n) is 13.5. The lowest BCUT2D eigenvalue weighted by molar-refractivity contribution is -0.143. The van der Waals surface area contributed by atoms with Crippen LogP contribution in [0.25, 0.3) is 0 Å². The van der Waals surface area contributed by atoms with Gasteiger partial charge in [-0.25, -0.2) is 0 Å². The Kier molecular flexibility index (Phi) is 11.0. The van der Waals surface area contributed by atoms with Gasteiger partial charge in [0, 0.05) is 19.6 Å². The second kappa shape index (κ2) is 15.1. The minimum atomic E-state index is -1.32. The summed E-state index contributed by atoms with van der Waals surface area (Å²) in [5.41, 5.74) is 1.67. The SMILES string of the molecule is Cc1ccc2cc1CNC(=O)[C@@](C)(CCc1ccccc1)NC(=O)[C@@H](NC(=O)CN1CCC1)C(C)C(=O)N1CCCC(CCO2)C1. The Balaban J connectivity index is 1.45. The molecule has 3 N–H and O–H groups in total. The van der Waals surface area contributed by atoms with Crippen LogP contribution in [-0.2, 0) is 32.1 Å². The van der Waals surface area contributed by atoms with Gasteiger partial charge < -0.3 is 25.6 Å². The number of hydrogen-bond donors (Lipinski definition) is 3. The molecule has 4 amide bonds. The van der Waals surface area contributed by atoms with E-state index in [1.165, 1.54) is 0 Å². The van der Waals surface area contributed by atoms with Crippen molar-refractivity contribution in [3.05, 3.63) is 65.2 Å². The van der Waals surface area contributed by atoms with E-state index in [1.54, 1.807) is 13.8 Å². The summed E-state index contributed by atoms with van der Waals surface area (Å²) < 4.78 is 6.14. The molecule has 10 nitrogen and oxygen atoms in total. The molecule has 46 heavy (non-hydrogen) atoms. The summed E-state index contributed by atoms with van der Waals surface area (Å²) in [6, 6.07) is 14.6. The van der Waals surface area contributed by atoms with Gasteiger partial charge in [-0.1, -0.05) is 43.3 Å². The van der Waals surface area contributed by atoms with Crippen molar-refractivity contribution in [3.63, 3.8) is 0 Å². The van der Waals surface area contributed by atoms with Crippen molar-refractivity contribution in [3.8, 4) is 5.75 Å². The van der Waals surface area contributed by atoms with Crippen LogP contribution in [0.1, 0.15) is 62.6 Å². The minimum absolute atomic E-state index is 0.167. The number of hydrogen-bond acceptors (Lipinski definition) is 6. The fraction of sp³-hybridized carbons (Fsp3) is 0.556. The maximum absolute atomic E-state index is 14.2. The molecule has 0 spiro atoms. The predicted molar refractivity (Wildman–Crippen MR) is 176 cm³/mol. The van der Waals surface area contributed by atoms with Crippen molar-refractivity contribution in [2.45, 2.75) is 77.4 Å². The first-order chi connectivity index (χ1) is 22.1. The number of amides is 4. The molecule has 0 radical (unpaired) electrons. The van der Waals surface area contributed by atoms with Crippen molar-refractivity contribution in [2.75, 3.05) is 39.3 Å². The Hall–Kier alpha value is -3.92. The monoisotopic (exact) mass is 631 g/mol. The number of aryl methyl sites for hydroxylation is 2. The van der Waals surface area contributed by atoms with Gasteiger partial charge in [-0.15, -0.1) is 0 Å². The molecule has 2 fully saturated rings. The van der Waals surface area contributed by atoms with E-state index in [2.05, 4.69) is 16.0 Å². The quantitative estimate of drug-likeness (QED) is 0.451. The summed E-state index contributed by atoms with van der Waals surface area (Å²) in [4.78, 5) is 59.1. The number of piperidine rings is 1. The predicted octanol–water partition coefficient (Wildman–Crippen LogP) is 2.97. The summed E-state index contributed by atoms with van der Waals surface area (Å²) in [7, 11) is 0. The molecule has 3 aliphatic rings. The normalized spacial score (nSPS) is 26.5. The summed E-state index contributed by atoms with van der Waals surface area (Å²) in [5, 5.41) is 8.95. The molecule has 248 valence electrons. The van der Waals surface area contributed by atoms with Gasteiger partial charge in [0.05, 0.1) is 19.1 Å². The van der Waals surface area contributed by atoms with Crippen molar-refractivity contribution >= 4 is 23.6 Å². The zero-order chi connectivity index (χ0) is 32.7. The van der Waals surface area contributed by atoms with Crippen LogP contribution in [-0.4, -0.2) is 84.3 Å². The third-order valence-electron chi connectivity index (χ3n) is 9.85. The van der Waals surface area contributed by atoms with Crippen molar-refractivity contribution < 1.29 is 23.9 Å². The van der Waals surface area contributed by atoms with E-state index < -0.39 is 23.4 Å². The van der Waals surface area contributed by atoms with Crippen LogP contribution in [0.2, 0.25) is 0 Å².